The Morgan fingerprint density at radius 3 is 1.82 bits per heavy atom. The molecule has 3 aromatic rings. The van der Waals surface area contributed by atoms with Gasteiger partial charge >= 0.3 is 6.18 Å². The van der Waals surface area contributed by atoms with Crippen molar-refractivity contribution in [1.82, 2.24) is 0 Å². The second-order valence-electron chi connectivity index (χ2n) is 11.7. The Labute approximate surface area is 240 Å². The fourth-order valence-corrected chi connectivity index (χ4v) is 9.92. The molecule has 0 spiro atoms. The molecule has 0 bridgehead atoms. The maximum atomic E-state index is 14.1. The van der Waals surface area contributed by atoms with Crippen molar-refractivity contribution in [2.75, 3.05) is 18.5 Å². The molecule has 0 heterocycles. The van der Waals surface area contributed by atoms with Crippen molar-refractivity contribution in [3.05, 3.63) is 90.0 Å². The zero-order valence-corrected chi connectivity index (χ0v) is 26.0. The van der Waals surface area contributed by atoms with Gasteiger partial charge in [-0.3, -0.25) is 0 Å². The smallest absolute Gasteiger partial charge is 0.418 e. The Bertz CT molecular complexity index is 1250. The summed E-state index contributed by atoms with van der Waals surface area (Å²) in [5, 5.41) is 4.94. The van der Waals surface area contributed by atoms with Crippen LogP contribution in [0.15, 0.2) is 83.3 Å². The summed E-state index contributed by atoms with van der Waals surface area (Å²) < 4.78 is 65.3. The minimum absolute atomic E-state index is 0.0896. The number of nitrogens with one attached hydrogen (secondary N) is 1. The molecule has 40 heavy (non-hydrogen) atoms. The van der Waals surface area contributed by atoms with Gasteiger partial charge in [0.05, 0.1) is 23.6 Å². The molecule has 4 nitrogen and oxygen atoms in total. The number of benzene rings is 3. The number of nitrogens with zero attached hydrogens (tertiary/aromatic N) is 1. The summed E-state index contributed by atoms with van der Waals surface area (Å²) in [4.78, 5) is 0. The Hall–Kier alpha value is -2.59. The number of halogens is 3. The molecule has 0 aliphatic carbocycles. The first kappa shape index (κ1) is 31.9. The molecule has 0 aliphatic rings. The summed E-state index contributed by atoms with van der Waals surface area (Å²) in [6.45, 7) is 13.7. The highest BCUT2D eigenvalue weighted by molar-refractivity contribution is 7.91. The molecule has 0 saturated carbocycles. The number of rotatable bonds is 9. The van der Waals surface area contributed by atoms with E-state index in [0.29, 0.717) is 0 Å². The van der Waals surface area contributed by atoms with Gasteiger partial charge in [-0.15, -0.1) is 0 Å². The maximum Gasteiger partial charge on any atom is 0.418 e. The monoisotopic (exact) mass is 588 g/mol. The van der Waals surface area contributed by atoms with Crippen molar-refractivity contribution < 1.29 is 22.2 Å². The van der Waals surface area contributed by atoms with Crippen LogP contribution < -0.4 is 15.7 Å². The number of anilines is 1. The highest BCUT2D eigenvalue weighted by Gasteiger charge is 2.50. The zero-order chi connectivity index (χ0) is 29.8. The highest BCUT2D eigenvalue weighted by Crippen LogP contribution is 2.38. The third kappa shape index (κ3) is 7.18. The average Bonchev–Trinajstić information content (AvgIpc) is 2.87. The van der Waals surface area contributed by atoms with Crippen LogP contribution in [0.25, 0.3) is 0 Å². The van der Waals surface area contributed by atoms with Gasteiger partial charge in [0.25, 0.3) is 8.32 Å². The Kier molecular flexibility index (Phi) is 9.98. The lowest BCUT2D eigenvalue weighted by atomic mass is 10.0. The lowest BCUT2D eigenvalue weighted by Crippen LogP contribution is -2.66. The summed E-state index contributed by atoms with van der Waals surface area (Å²) >= 11 is -1.62. The molecule has 0 aliphatic heterocycles. The lowest BCUT2D eigenvalue weighted by molar-refractivity contribution is -0.137. The van der Waals surface area contributed by atoms with Crippen LogP contribution in [0, 0.1) is 0 Å². The van der Waals surface area contributed by atoms with Gasteiger partial charge in [-0.1, -0.05) is 98.0 Å². The van der Waals surface area contributed by atoms with Crippen LogP contribution in [0.5, 0.6) is 0 Å². The van der Waals surface area contributed by atoms with Gasteiger partial charge in [0.15, 0.2) is 0 Å². The molecule has 1 N–H and O–H groups in total. The van der Waals surface area contributed by atoms with E-state index >= 15 is 0 Å². The molecule has 1 atom stereocenters. The van der Waals surface area contributed by atoms with E-state index in [9.17, 15) is 17.7 Å². The van der Waals surface area contributed by atoms with Gasteiger partial charge in [-0.2, -0.15) is 13.2 Å². The van der Waals surface area contributed by atoms with Crippen LogP contribution in [0.4, 0.5) is 18.9 Å². The predicted octanol–water partition coefficient (Wildman–Crippen LogP) is 6.97. The van der Waals surface area contributed by atoms with Crippen LogP contribution in [-0.2, 0) is 22.0 Å². The number of hydrogen-bond donors (Lipinski definition) is 1. The fraction of sp³-hybridized carbons (Fsp3) is 0.387. The van der Waals surface area contributed by atoms with Crippen LogP contribution in [0.1, 0.15) is 59.6 Å². The number of hydrogen-bond acceptors (Lipinski definition) is 4. The standard InChI is InChI=1S/C31H39F3N2O2SSi/c1-23(36-39(37)29(2,3)4)26-19-14-20-27(31(32,33)34)28(26)35-21-22-38-40(30(5,6)7,24-15-10-8-11-16-24)25-17-12-9-13-18-25/h8-20,35H,21-22H2,1-7H3. The molecular formula is C31H39F3N2O2SSi. The van der Waals surface area contributed by atoms with Gasteiger partial charge in [-0.25, -0.2) is 0 Å². The summed E-state index contributed by atoms with van der Waals surface area (Å²) in [6, 6.07) is 24.1. The Balaban J connectivity index is 1.98. The highest BCUT2D eigenvalue weighted by atomic mass is 32.2. The fourth-order valence-electron chi connectivity index (χ4n) is 4.73. The van der Waals surface area contributed by atoms with Gasteiger partial charge in [0.2, 0.25) is 0 Å². The van der Waals surface area contributed by atoms with E-state index in [-0.39, 0.29) is 35.2 Å². The Morgan fingerprint density at radius 1 is 0.850 bits per heavy atom. The van der Waals surface area contributed by atoms with Crippen molar-refractivity contribution in [3.8, 4) is 0 Å². The number of alkyl halides is 3. The van der Waals surface area contributed by atoms with E-state index < -0.39 is 36.2 Å². The van der Waals surface area contributed by atoms with Crippen LogP contribution in [-0.4, -0.2) is 36.5 Å². The third-order valence-corrected chi connectivity index (χ3v) is 13.2. The zero-order valence-electron chi connectivity index (χ0n) is 24.2. The summed E-state index contributed by atoms with van der Waals surface area (Å²) in [5.74, 6) is 0. The molecule has 0 saturated heterocycles. The quantitative estimate of drug-likeness (QED) is 0.127. The second-order valence-corrected chi connectivity index (χ2v) is 17.9. The summed E-state index contributed by atoms with van der Waals surface area (Å²) in [7, 11) is -2.84. The molecule has 0 radical (unpaired) electrons. The van der Waals surface area contributed by atoms with E-state index in [4.69, 9.17) is 4.43 Å². The molecule has 0 aromatic heterocycles. The molecular weight excluding hydrogens is 550 g/mol. The molecule has 3 aromatic carbocycles. The van der Waals surface area contributed by atoms with E-state index in [0.717, 1.165) is 16.4 Å². The first-order chi connectivity index (χ1) is 18.6. The topological polar surface area (TPSA) is 56.7 Å². The predicted molar refractivity (Wildman–Crippen MR) is 164 cm³/mol. The molecule has 216 valence electrons. The maximum absolute atomic E-state index is 14.1. The van der Waals surface area contributed by atoms with Crippen molar-refractivity contribution in [2.24, 2.45) is 4.40 Å². The van der Waals surface area contributed by atoms with Gasteiger partial charge in [0.1, 0.15) is 16.1 Å². The van der Waals surface area contributed by atoms with Crippen molar-refractivity contribution in [1.29, 1.82) is 0 Å². The van der Waals surface area contributed by atoms with Crippen molar-refractivity contribution in [3.63, 3.8) is 0 Å². The van der Waals surface area contributed by atoms with Crippen LogP contribution in [0.2, 0.25) is 5.04 Å². The Morgan fingerprint density at radius 2 is 1.38 bits per heavy atom. The van der Waals surface area contributed by atoms with Gasteiger partial charge in [0, 0.05) is 12.1 Å². The SMILES string of the molecule is CC(=N[S+]([O-])C(C)(C)C)c1cccc(C(F)(F)F)c1NCCO[Si](c1ccccc1)(c1ccccc1)C(C)(C)C. The molecule has 9 heteroatoms. The third-order valence-electron chi connectivity index (χ3n) is 6.64. The van der Waals surface area contributed by atoms with Gasteiger partial charge < -0.3 is 14.3 Å². The van der Waals surface area contributed by atoms with Crippen LogP contribution in [0.3, 0.4) is 0 Å². The molecule has 0 fully saturated rings. The summed E-state index contributed by atoms with van der Waals surface area (Å²) in [5.41, 5.74) is -0.354. The summed E-state index contributed by atoms with van der Waals surface area (Å²) in [6.07, 6.45) is -4.58. The first-order valence-corrected chi connectivity index (χ1v) is 16.3. The number of para-hydroxylation sites is 1. The second kappa shape index (κ2) is 12.5. The van der Waals surface area contributed by atoms with E-state index in [2.05, 4.69) is 54.8 Å². The van der Waals surface area contributed by atoms with Gasteiger partial charge in [-0.05, 0) is 49.2 Å². The van der Waals surface area contributed by atoms with Crippen LogP contribution >= 0.6 is 0 Å². The molecule has 0 amide bonds. The normalized spacial score (nSPS) is 14.2. The molecule has 3 rings (SSSR count). The van der Waals surface area contributed by atoms with Crippen molar-refractivity contribution >= 4 is 41.5 Å². The van der Waals surface area contributed by atoms with E-state index in [1.807, 2.05) is 36.4 Å². The minimum Gasteiger partial charge on any atom is -0.591 e. The van der Waals surface area contributed by atoms with E-state index in [1.165, 1.54) is 6.07 Å². The average molecular weight is 589 g/mol. The lowest BCUT2D eigenvalue weighted by Gasteiger charge is -2.43. The van der Waals surface area contributed by atoms with E-state index in [1.54, 1.807) is 33.8 Å². The largest absolute Gasteiger partial charge is 0.591 e. The van der Waals surface area contributed by atoms with Crippen molar-refractivity contribution in [2.45, 2.75) is 64.4 Å². The first-order valence-electron chi connectivity index (χ1n) is 13.3. The minimum atomic E-state index is -4.58. The molecule has 1 unspecified atom stereocenters.